The number of amides is 2. The summed E-state index contributed by atoms with van der Waals surface area (Å²) in [5.74, 6) is 0. The number of carbonyl (C=O) groups is 1. The lowest BCUT2D eigenvalue weighted by molar-refractivity contribution is 0.249. The summed E-state index contributed by atoms with van der Waals surface area (Å²) in [7, 11) is 0. The van der Waals surface area contributed by atoms with Crippen LogP contribution in [-0.2, 0) is 0 Å². The molecule has 22 heavy (non-hydrogen) atoms. The highest BCUT2D eigenvalue weighted by Gasteiger charge is 2.14. The first kappa shape index (κ1) is 17.2. The molecule has 3 nitrogen and oxygen atoms in total. The molecule has 0 aromatic heterocycles. The van der Waals surface area contributed by atoms with Crippen molar-refractivity contribution in [2.75, 3.05) is 5.32 Å². The molecule has 0 saturated carbocycles. The SMILES string of the molecule is CC(NC(=O)Nc1cccc(Cl)c1Cl)c1ccc(Cl)cc1Cl. The number of urea groups is 1. The molecule has 0 radical (unpaired) electrons. The summed E-state index contributed by atoms with van der Waals surface area (Å²) in [5.41, 5.74) is 1.19. The third kappa shape index (κ3) is 4.20. The molecule has 0 bridgehead atoms. The first-order chi connectivity index (χ1) is 10.4. The second-order valence-corrected chi connectivity index (χ2v) is 6.22. The molecule has 0 saturated heterocycles. The monoisotopic (exact) mass is 376 g/mol. The first-order valence-corrected chi connectivity index (χ1v) is 7.86. The molecule has 7 heteroatoms. The first-order valence-electron chi connectivity index (χ1n) is 6.35. The van der Waals surface area contributed by atoms with E-state index in [0.717, 1.165) is 5.56 Å². The molecule has 0 heterocycles. The van der Waals surface area contributed by atoms with E-state index in [9.17, 15) is 4.79 Å². The highest BCUT2D eigenvalue weighted by molar-refractivity contribution is 6.44. The Kier molecular flexibility index (Phi) is 5.81. The fraction of sp³-hybridized carbons (Fsp3) is 0.133. The van der Waals surface area contributed by atoms with Crippen molar-refractivity contribution in [1.82, 2.24) is 5.32 Å². The van der Waals surface area contributed by atoms with E-state index in [4.69, 9.17) is 46.4 Å². The Bertz CT molecular complexity index is 706. The summed E-state index contributed by atoms with van der Waals surface area (Å²) in [5, 5.41) is 7.10. The van der Waals surface area contributed by atoms with E-state index in [0.29, 0.717) is 20.8 Å². The van der Waals surface area contributed by atoms with Crippen LogP contribution < -0.4 is 10.6 Å². The van der Waals surface area contributed by atoms with Crippen molar-refractivity contribution < 1.29 is 4.79 Å². The average molecular weight is 378 g/mol. The zero-order valence-corrected chi connectivity index (χ0v) is 14.5. The van der Waals surface area contributed by atoms with Crippen LogP contribution in [0.15, 0.2) is 36.4 Å². The fourth-order valence-electron chi connectivity index (χ4n) is 1.89. The molecule has 0 fully saturated rings. The summed E-state index contributed by atoms with van der Waals surface area (Å²) in [6.07, 6.45) is 0. The number of anilines is 1. The summed E-state index contributed by atoms with van der Waals surface area (Å²) in [6.45, 7) is 1.81. The van der Waals surface area contributed by atoms with E-state index in [-0.39, 0.29) is 11.1 Å². The molecule has 116 valence electrons. The van der Waals surface area contributed by atoms with Gasteiger partial charge in [-0.15, -0.1) is 0 Å². The number of hydrogen-bond donors (Lipinski definition) is 2. The van der Waals surface area contributed by atoms with Crippen LogP contribution in [0.1, 0.15) is 18.5 Å². The molecular weight excluding hydrogens is 366 g/mol. The van der Waals surface area contributed by atoms with Gasteiger partial charge in [0.1, 0.15) is 0 Å². The molecular formula is C15H12Cl4N2O. The van der Waals surface area contributed by atoms with E-state index in [2.05, 4.69) is 10.6 Å². The molecule has 2 rings (SSSR count). The van der Waals surface area contributed by atoms with Gasteiger partial charge in [0.25, 0.3) is 0 Å². The number of halogens is 4. The van der Waals surface area contributed by atoms with Gasteiger partial charge >= 0.3 is 6.03 Å². The van der Waals surface area contributed by atoms with Gasteiger partial charge in [0.15, 0.2) is 0 Å². The van der Waals surface area contributed by atoms with Crippen molar-refractivity contribution in [3.8, 4) is 0 Å². The lowest BCUT2D eigenvalue weighted by Crippen LogP contribution is -2.31. The molecule has 1 atom stereocenters. The highest BCUT2D eigenvalue weighted by atomic mass is 35.5. The second kappa shape index (κ2) is 7.42. The van der Waals surface area contributed by atoms with Crippen LogP contribution in [0.4, 0.5) is 10.5 Å². The summed E-state index contributed by atoms with van der Waals surface area (Å²) >= 11 is 23.9. The Hall–Kier alpha value is -1.13. The Labute approximate surface area is 148 Å². The minimum absolute atomic E-state index is 0.288. The Balaban J connectivity index is 2.07. The van der Waals surface area contributed by atoms with Crippen LogP contribution in [0.2, 0.25) is 20.1 Å². The van der Waals surface area contributed by atoms with Crippen molar-refractivity contribution in [3.63, 3.8) is 0 Å². The number of nitrogens with one attached hydrogen (secondary N) is 2. The van der Waals surface area contributed by atoms with Crippen LogP contribution in [0.3, 0.4) is 0 Å². The molecule has 0 aliphatic heterocycles. The molecule has 2 amide bonds. The zero-order chi connectivity index (χ0) is 16.3. The van der Waals surface area contributed by atoms with Gasteiger partial charge in [-0.05, 0) is 36.8 Å². The quantitative estimate of drug-likeness (QED) is 0.658. The number of carbonyl (C=O) groups excluding carboxylic acids is 1. The Morgan fingerprint density at radius 2 is 1.77 bits per heavy atom. The van der Waals surface area contributed by atoms with Gasteiger partial charge in [0.05, 0.1) is 21.8 Å². The topological polar surface area (TPSA) is 41.1 Å². The van der Waals surface area contributed by atoms with Crippen molar-refractivity contribution in [2.45, 2.75) is 13.0 Å². The highest BCUT2D eigenvalue weighted by Crippen LogP contribution is 2.30. The molecule has 2 aromatic carbocycles. The van der Waals surface area contributed by atoms with E-state index < -0.39 is 6.03 Å². The van der Waals surface area contributed by atoms with Gasteiger partial charge in [-0.2, -0.15) is 0 Å². The smallest absolute Gasteiger partial charge is 0.319 e. The van der Waals surface area contributed by atoms with Crippen molar-refractivity contribution in [1.29, 1.82) is 0 Å². The zero-order valence-electron chi connectivity index (χ0n) is 11.5. The normalized spacial score (nSPS) is 11.9. The maximum atomic E-state index is 12.0. The van der Waals surface area contributed by atoms with Gasteiger partial charge in [0, 0.05) is 10.0 Å². The minimum atomic E-state index is -0.414. The van der Waals surface area contributed by atoms with Gasteiger partial charge in [-0.25, -0.2) is 4.79 Å². The number of benzene rings is 2. The Morgan fingerprint density at radius 3 is 2.45 bits per heavy atom. The Morgan fingerprint density at radius 1 is 1.05 bits per heavy atom. The van der Waals surface area contributed by atoms with Crippen LogP contribution in [0.5, 0.6) is 0 Å². The molecule has 1 unspecified atom stereocenters. The minimum Gasteiger partial charge on any atom is -0.331 e. The predicted octanol–water partition coefficient (Wildman–Crippen LogP) is 6.18. The maximum Gasteiger partial charge on any atom is 0.319 e. The average Bonchev–Trinajstić information content (AvgIpc) is 2.43. The molecule has 0 aliphatic carbocycles. The van der Waals surface area contributed by atoms with E-state index >= 15 is 0 Å². The van der Waals surface area contributed by atoms with E-state index in [1.54, 1.807) is 36.4 Å². The fourth-order valence-corrected chi connectivity index (χ4v) is 2.81. The van der Waals surface area contributed by atoms with Crippen LogP contribution >= 0.6 is 46.4 Å². The van der Waals surface area contributed by atoms with Crippen molar-refractivity contribution in [2.24, 2.45) is 0 Å². The maximum absolute atomic E-state index is 12.0. The summed E-state index contributed by atoms with van der Waals surface area (Å²) in [4.78, 5) is 12.0. The predicted molar refractivity (Wildman–Crippen MR) is 93.5 cm³/mol. The molecule has 0 aliphatic rings. The number of rotatable bonds is 3. The third-order valence-corrected chi connectivity index (χ3v) is 4.36. The van der Waals surface area contributed by atoms with Crippen LogP contribution in [0, 0.1) is 0 Å². The van der Waals surface area contributed by atoms with Crippen LogP contribution in [-0.4, -0.2) is 6.03 Å². The largest absolute Gasteiger partial charge is 0.331 e. The van der Waals surface area contributed by atoms with Gasteiger partial charge in [0.2, 0.25) is 0 Å². The summed E-state index contributed by atoms with van der Waals surface area (Å²) < 4.78 is 0. The van der Waals surface area contributed by atoms with Crippen molar-refractivity contribution >= 4 is 58.1 Å². The molecule has 2 N–H and O–H groups in total. The summed E-state index contributed by atoms with van der Waals surface area (Å²) in [6, 6.07) is 9.39. The lowest BCUT2D eigenvalue weighted by Gasteiger charge is -2.17. The lowest BCUT2D eigenvalue weighted by atomic mass is 10.1. The van der Waals surface area contributed by atoms with Gasteiger partial charge in [-0.1, -0.05) is 58.5 Å². The third-order valence-electron chi connectivity index (χ3n) is 2.98. The van der Waals surface area contributed by atoms with E-state index in [1.165, 1.54) is 0 Å². The van der Waals surface area contributed by atoms with Crippen molar-refractivity contribution in [3.05, 3.63) is 62.1 Å². The molecule has 2 aromatic rings. The van der Waals surface area contributed by atoms with Gasteiger partial charge in [-0.3, -0.25) is 0 Å². The molecule has 0 spiro atoms. The number of hydrogen-bond acceptors (Lipinski definition) is 1. The van der Waals surface area contributed by atoms with E-state index in [1.807, 2.05) is 6.92 Å². The van der Waals surface area contributed by atoms with Gasteiger partial charge < -0.3 is 10.6 Å². The standard InChI is InChI=1S/C15H12Cl4N2O/c1-8(10-6-5-9(16)7-12(10)18)20-15(22)21-13-4-2-3-11(17)14(13)19/h2-8H,1H3,(H2,20,21,22). The van der Waals surface area contributed by atoms with Crippen LogP contribution in [0.25, 0.3) is 0 Å². The second-order valence-electron chi connectivity index (χ2n) is 4.59.